The summed E-state index contributed by atoms with van der Waals surface area (Å²) in [5.41, 5.74) is 1.71. The number of aryl methyl sites for hydroxylation is 1. The molecule has 0 saturated heterocycles. The van der Waals surface area contributed by atoms with Crippen molar-refractivity contribution in [2.24, 2.45) is 0 Å². The van der Waals surface area contributed by atoms with E-state index in [1.54, 1.807) is 0 Å². The molecule has 0 aliphatic rings. The van der Waals surface area contributed by atoms with Crippen molar-refractivity contribution in [3.05, 3.63) is 35.7 Å². The van der Waals surface area contributed by atoms with E-state index in [2.05, 4.69) is 4.98 Å². The third-order valence-corrected chi connectivity index (χ3v) is 4.19. The summed E-state index contributed by atoms with van der Waals surface area (Å²) >= 11 is 5.82. The summed E-state index contributed by atoms with van der Waals surface area (Å²) in [7, 11) is 0. The molecule has 1 aromatic carbocycles. The highest BCUT2D eigenvalue weighted by atomic mass is 35.5. The minimum Gasteiger partial charge on any atom is -0.494 e. The predicted octanol–water partition coefficient (Wildman–Crippen LogP) is 5.10. The van der Waals surface area contributed by atoms with E-state index in [1.165, 1.54) is 19.3 Å². The fraction of sp³-hybridized carbons (Fsp3) is 0.526. The standard InChI is InChI=1S/C19H26ClNO3/c1-15-18(14-20)21-19(24-15)16-8-10-17(11-9-16)23-13-7-5-3-2-4-6-12-22/h8-11,22H,2-7,12-14H2,1H3. The summed E-state index contributed by atoms with van der Waals surface area (Å²) in [5, 5.41) is 8.72. The van der Waals surface area contributed by atoms with Crippen LogP contribution in [0.3, 0.4) is 0 Å². The Morgan fingerprint density at radius 3 is 2.33 bits per heavy atom. The number of hydrogen-bond donors (Lipinski definition) is 1. The molecule has 0 radical (unpaired) electrons. The number of hydrogen-bond acceptors (Lipinski definition) is 4. The molecule has 1 aromatic heterocycles. The SMILES string of the molecule is Cc1oc(-c2ccc(OCCCCCCCCO)cc2)nc1CCl. The molecule has 0 spiro atoms. The molecular weight excluding hydrogens is 326 g/mol. The van der Waals surface area contributed by atoms with E-state index in [4.69, 9.17) is 25.9 Å². The summed E-state index contributed by atoms with van der Waals surface area (Å²) in [4.78, 5) is 4.39. The Balaban J connectivity index is 1.72. The number of oxazole rings is 1. The van der Waals surface area contributed by atoms with Gasteiger partial charge in [0.05, 0.1) is 18.2 Å². The van der Waals surface area contributed by atoms with Gasteiger partial charge >= 0.3 is 0 Å². The number of benzene rings is 1. The minimum absolute atomic E-state index is 0.305. The van der Waals surface area contributed by atoms with Gasteiger partial charge in [-0.05, 0) is 44.0 Å². The number of nitrogens with zero attached hydrogens (tertiary/aromatic N) is 1. The van der Waals surface area contributed by atoms with E-state index in [9.17, 15) is 0 Å². The van der Waals surface area contributed by atoms with Crippen LogP contribution in [0.1, 0.15) is 50.0 Å². The smallest absolute Gasteiger partial charge is 0.226 e. The first-order valence-corrected chi connectivity index (χ1v) is 9.14. The van der Waals surface area contributed by atoms with Crippen LogP contribution in [0.15, 0.2) is 28.7 Å². The van der Waals surface area contributed by atoms with Crippen molar-refractivity contribution in [1.82, 2.24) is 4.98 Å². The first-order valence-electron chi connectivity index (χ1n) is 8.61. The molecule has 24 heavy (non-hydrogen) atoms. The van der Waals surface area contributed by atoms with Crippen molar-refractivity contribution in [3.8, 4) is 17.2 Å². The van der Waals surface area contributed by atoms with E-state index < -0.39 is 0 Å². The quantitative estimate of drug-likeness (QED) is 0.452. The van der Waals surface area contributed by atoms with Crippen LogP contribution in [0.25, 0.3) is 11.5 Å². The Labute approximate surface area is 148 Å². The van der Waals surface area contributed by atoms with Crippen molar-refractivity contribution in [2.45, 2.75) is 51.3 Å². The zero-order chi connectivity index (χ0) is 17.2. The molecule has 0 saturated carbocycles. The third-order valence-electron chi connectivity index (χ3n) is 3.94. The molecule has 1 N–H and O–H groups in total. The lowest BCUT2D eigenvalue weighted by Gasteiger charge is -2.06. The van der Waals surface area contributed by atoms with Gasteiger partial charge in [0.15, 0.2) is 0 Å². The number of rotatable bonds is 11. The van der Waals surface area contributed by atoms with Crippen LogP contribution in [-0.4, -0.2) is 23.3 Å². The van der Waals surface area contributed by atoms with Crippen molar-refractivity contribution in [3.63, 3.8) is 0 Å². The van der Waals surface area contributed by atoms with Crippen molar-refractivity contribution >= 4 is 11.6 Å². The Morgan fingerprint density at radius 1 is 1.04 bits per heavy atom. The molecule has 0 fully saturated rings. The van der Waals surface area contributed by atoms with Gasteiger partial charge in [-0.25, -0.2) is 4.98 Å². The molecule has 2 rings (SSSR count). The second-order valence-corrected chi connectivity index (χ2v) is 6.14. The van der Waals surface area contributed by atoms with E-state index in [1.807, 2.05) is 31.2 Å². The highest BCUT2D eigenvalue weighted by Crippen LogP contribution is 2.24. The van der Waals surface area contributed by atoms with Crippen molar-refractivity contribution in [1.29, 1.82) is 0 Å². The Morgan fingerprint density at radius 2 is 1.71 bits per heavy atom. The lowest BCUT2D eigenvalue weighted by atomic mass is 10.1. The molecule has 4 nitrogen and oxygen atoms in total. The first kappa shape index (κ1) is 18.8. The van der Waals surface area contributed by atoms with Crippen molar-refractivity contribution < 1.29 is 14.3 Å². The van der Waals surface area contributed by atoms with E-state index in [0.29, 0.717) is 18.4 Å². The van der Waals surface area contributed by atoms with Crippen LogP contribution in [0.5, 0.6) is 5.75 Å². The van der Waals surface area contributed by atoms with Crippen molar-refractivity contribution in [2.75, 3.05) is 13.2 Å². The number of alkyl halides is 1. The van der Waals surface area contributed by atoms with Gasteiger partial charge in [-0.15, -0.1) is 11.6 Å². The highest BCUT2D eigenvalue weighted by molar-refractivity contribution is 6.16. The maximum atomic E-state index is 8.72. The molecule has 2 aromatic rings. The maximum Gasteiger partial charge on any atom is 0.226 e. The van der Waals surface area contributed by atoms with Gasteiger partial charge in [0.1, 0.15) is 11.5 Å². The lowest BCUT2D eigenvalue weighted by molar-refractivity contribution is 0.280. The van der Waals surface area contributed by atoms with Crippen LogP contribution < -0.4 is 4.74 Å². The second-order valence-electron chi connectivity index (χ2n) is 5.87. The van der Waals surface area contributed by atoms with E-state index in [0.717, 1.165) is 48.6 Å². The number of unbranched alkanes of at least 4 members (excludes halogenated alkanes) is 5. The number of aliphatic hydroxyl groups is 1. The second kappa shape index (κ2) is 10.4. The van der Waals surface area contributed by atoms with Gasteiger partial charge in [-0.1, -0.05) is 25.7 Å². The summed E-state index contributed by atoms with van der Waals surface area (Å²) in [6.45, 7) is 2.91. The summed E-state index contributed by atoms with van der Waals surface area (Å²) in [5.74, 6) is 2.58. The highest BCUT2D eigenvalue weighted by Gasteiger charge is 2.10. The minimum atomic E-state index is 0.305. The normalized spacial score (nSPS) is 11.0. The number of aromatic nitrogens is 1. The fourth-order valence-electron chi connectivity index (χ4n) is 2.48. The molecule has 0 unspecified atom stereocenters. The summed E-state index contributed by atoms with van der Waals surface area (Å²) in [6, 6.07) is 7.79. The first-order chi connectivity index (χ1) is 11.7. The average molecular weight is 352 g/mol. The van der Waals surface area contributed by atoms with Crippen LogP contribution in [0.4, 0.5) is 0 Å². The Bertz CT molecular complexity index is 595. The van der Waals surface area contributed by atoms with Gasteiger partial charge in [-0.2, -0.15) is 0 Å². The summed E-state index contributed by atoms with van der Waals surface area (Å²) in [6.07, 6.45) is 6.65. The molecule has 0 amide bonds. The molecule has 0 aliphatic carbocycles. The average Bonchev–Trinajstić information content (AvgIpc) is 2.98. The monoisotopic (exact) mass is 351 g/mol. The van der Waals surface area contributed by atoms with Crippen LogP contribution >= 0.6 is 11.6 Å². The van der Waals surface area contributed by atoms with Crippen LogP contribution in [0.2, 0.25) is 0 Å². The lowest BCUT2D eigenvalue weighted by Crippen LogP contribution is -1.97. The summed E-state index contributed by atoms with van der Waals surface area (Å²) < 4.78 is 11.4. The van der Waals surface area contributed by atoms with Crippen LogP contribution in [0, 0.1) is 6.92 Å². The predicted molar refractivity (Wildman–Crippen MR) is 96.5 cm³/mol. The molecule has 132 valence electrons. The van der Waals surface area contributed by atoms with Gasteiger partial charge < -0.3 is 14.3 Å². The Kier molecular flexibility index (Phi) is 8.13. The van der Waals surface area contributed by atoms with E-state index >= 15 is 0 Å². The van der Waals surface area contributed by atoms with Crippen LogP contribution in [-0.2, 0) is 5.88 Å². The molecule has 0 atom stereocenters. The molecule has 5 heteroatoms. The molecule has 1 heterocycles. The number of halogens is 1. The van der Waals surface area contributed by atoms with E-state index in [-0.39, 0.29) is 0 Å². The van der Waals surface area contributed by atoms with Gasteiger partial charge in [0.25, 0.3) is 0 Å². The van der Waals surface area contributed by atoms with Gasteiger partial charge in [-0.3, -0.25) is 0 Å². The zero-order valence-corrected chi connectivity index (χ0v) is 15.0. The van der Waals surface area contributed by atoms with Gasteiger partial charge in [0, 0.05) is 12.2 Å². The largest absolute Gasteiger partial charge is 0.494 e. The topological polar surface area (TPSA) is 55.5 Å². The fourth-order valence-corrected chi connectivity index (χ4v) is 2.73. The third kappa shape index (κ3) is 5.84. The van der Waals surface area contributed by atoms with Gasteiger partial charge in [0.2, 0.25) is 5.89 Å². The molecule has 0 aliphatic heterocycles. The molecule has 0 bridgehead atoms. The molecular formula is C19H26ClNO3. The zero-order valence-electron chi connectivity index (χ0n) is 14.3. The number of aliphatic hydroxyl groups excluding tert-OH is 1. The Hall–Kier alpha value is -1.52. The number of ether oxygens (including phenoxy) is 1. The maximum absolute atomic E-state index is 8.72.